The summed E-state index contributed by atoms with van der Waals surface area (Å²) in [5.74, 6) is 0.478. The van der Waals surface area contributed by atoms with Crippen LogP contribution in [0.4, 0.5) is 4.39 Å². The van der Waals surface area contributed by atoms with Crippen molar-refractivity contribution >= 4 is 23.2 Å². The summed E-state index contributed by atoms with van der Waals surface area (Å²) in [7, 11) is 0. The highest BCUT2D eigenvalue weighted by Crippen LogP contribution is 2.42. The Morgan fingerprint density at radius 3 is 2.71 bits per heavy atom. The monoisotopic (exact) mass is 324 g/mol. The zero-order valence-electron chi connectivity index (χ0n) is 11.8. The fourth-order valence-electron chi connectivity index (χ4n) is 2.62. The van der Waals surface area contributed by atoms with Crippen molar-refractivity contribution in [1.29, 1.82) is 0 Å². The van der Waals surface area contributed by atoms with E-state index in [0.717, 1.165) is 16.9 Å². The van der Waals surface area contributed by atoms with Crippen LogP contribution in [0.5, 0.6) is 5.75 Å². The van der Waals surface area contributed by atoms with Crippen molar-refractivity contribution < 1.29 is 9.13 Å². The van der Waals surface area contributed by atoms with Crippen LogP contribution in [0.2, 0.25) is 5.02 Å². The van der Waals surface area contributed by atoms with Crippen molar-refractivity contribution in [2.24, 2.45) is 0 Å². The van der Waals surface area contributed by atoms with Gasteiger partial charge in [0.15, 0.2) is 0 Å². The first-order valence-corrected chi connectivity index (χ1v) is 7.57. The fourth-order valence-corrected chi connectivity index (χ4v) is 3.30. The van der Waals surface area contributed by atoms with Gasteiger partial charge < -0.3 is 4.74 Å². The van der Waals surface area contributed by atoms with Crippen molar-refractivity contribution in [3.8, 4) is 5.75 Å². The SMILES string of the molecule is CC1(C)COc2ccc(C(Cl)c3c(F)cccc3Cl)cc21. The van der Waals surface area contributed by atoms with Gasteiger partial charge in [0, 0.05) is 21.6 Å². The number of rotatable bonds is 2. The fraction of sp³-hybridized carbons (Fsp3) is 0.294. The zero-order valence-corrected chi connectivity index (χ0v) is 13.3. The van der Waals surface area contributed by atoms with Gasteiger partial charge in [-0.15, -0.1) is 11.6 Å². The third-order valence-corrected chi connectivity index (χ3v) is 4.67. The van der Waals surface area contributed by atoms with Gasteiger partial charge in [0.1, 0.15) is 11.6 Å². The summed E-state index contributed by atoms with van der Waals surface area (Å²) in [5, 5.41) is -0.286. The topological polar surface area (TPSA) is 9.23 Å². The maximum absolute atomic E-state index is 14.0. The van der Waals surface area contributed by atoms with Crippen molar-refractivity contribution in [3.05, 3.63) is 63.9 Å². The number of alkyl halides is 1. The van der Waals surface area contributed by atoms with Crippen LogP contribution in [0, 0.1) is 5.82 Å². The number of hydrogen-bond donors (Lipinski definition) is 0. The summed E-state index contributed by atoms with van der Waals surface area (Å²) in [6.45, 7) is 4.86. The van der Waals surface area contributed by atoms with Gasteiger partial charge in [0.2, 0.25) is 0 Å². The Morgan fingerprint density at radius 2 is 2.00 bits per heavy atom. The number of ether oxygens (including phenoxy) is 1. The quantitative estimate of drug-likeness (QED) is 0.665. The lowest BCUT2D eigenvalue weighted by atomic mass is 9.85. The molecule has 1 aliphatic rings. The highest BCUT2D eigenvalue weighted by Gasteiger charge is 2.32. The summed E-state index contributed by atoms with van der Waals surface area (Å²) >= 11 is 12.6. The Kier molecular flexibility index (Phi) is 3.62. The van der Waals surface area contributed by atoms with Crippen molar-refractivity contribution in [3.63, 3.8) is 0 Å². The van der Waals surface area contributed by atoms with E-state index in [9.17, 15) is 4.39 Å². The molecular weight excluding hydrogens is 310 g/mol. The predicted octanol–water partition coefficient (Wildman–Crippen LogP) is 5.48. The highest BCUT2D eigenvalue weighted by molar-refractivity contribution is 6.33. The average Bonchev–Trinajstić information content (AvgIpc) is 2.74. The molecule has 1 aliphatic heterocycles. The lowest BCUT2D eigenvalue weighted by Crippen LogP contribution is -2.18. The lowest BCUT2D eigenvalue weighted by Gasteiger charge is -2.18. The molecule has 110 valence electrons. The van der Waals surface area contributed by atoms with Crippen LogP contribution in [-0.2, 0) is 5.41 Å². The average molecular weight is 325 g/mol. The van der Waals surface area contributed by atoms with E-state index < -0.39 is 11.2 Å². The maximum atomic E-state index is 14.0. The number of hydrogen-bond acceptors (Lipinski definition) is 1. The van der Waals surface area contributed by atoms with E-state index in [2.05, 4.69) is 13.8 Å². The van der Waals surface area contributed by atoms with Crippen LogP contribution in [0.15, 0.2) is 36.4 Å². The number of fused-ring (bicyclic) bond motifs is 1. The summed E-state index contributed by atoms with van der Waals surface area (Å²) in [5.41, 5.74) is 2.16. The molecule has 1 unspecified atom stereocenters. The highest BCUT2D eigenvalue weighted by atomic mass is 35.5. The minimum atomic E-state index is -0.625. The Labute approximate surface area is 133 Å². The molecule has 3 rings (SSSR count). The molecule has 1 nitrogen and oxygen atoms in total. The smallest absolute Gasteiger partial charge is 0.129 e. The molecular formula is C17H15Cl2FO. The molecule has 4 heteroatoms. The second-order valence-corrected chi connectivity index (χ2v) is 6.77. The summed E-state index contributed by atoms with van der Waals surface area (Å²) < 4.78 is 19.7. The van der Waals surface area contributed by atoms with Crippen LogP contribution in [0.25, 0.3) is 0 Å². The third kappa shape index (κ3) is 2.51. The van der Waals surface area contributed by atoms with E-state index in [4.69, 9.17) is 27.9 Å². The number of halogens is 3. The van der Waals surface area contributed by atoms with Gasteiger partial charge in [-0.05, 0) is 29.8 Å². The molecule has 0 radical (unpaired) electrons. The van der Waals surface area contributed by atoms with E-state index in [1.807, 2.05) is 18.2 Å². The van der Waals surface area contributed by atoms with Crippen LogP contribution in [-0.4, -0.2) is 6.61 Å². The van der Waals surface area contributed by atoms with Gasteiger partial charge in [-0.1, -0.05) is 37.6 Å². The molecule has 0 saturated carbocycles. The molecule has 21 heavy (non-hydrogen) atoms. The van der Waals surface area contributed by atoms with Crippen molar-refractivity contribution in [1.82, 2.24) is 0 Å². The van der Waals surface area contributed by atoms with E-state index in [1.54, 1.807) is 12.1 Å². The van der Waals surface area contributed by atoms with Gasteiger partial charge in [-0.25, -0.2) is 4.39 Å². The standard InChI is InChI=1S/C17H15Cl2FO/c1-17(2)9-21-14-7-6-10(8-11(14)17)16(19)15-12(18)4-3-5-13(15)20/h3-8,16H,9H2,1-2H3. The molecule has 0 aliphatic carbocycles. The Hall–Kier alpha value is -1.25. The van der Waals surface area contributed by atoms with Gasteiger partial charge in [-0.2, -0.15) is 0 Å². The molecule has 0 bridgehead atoms. The Bertz CT molecular complexity index is 677. The second-order valence-electron chi connectivity index (χ2n) is 5.93. The van der Waals surface area contributed by atoms with E-state index in [1.165, 1.54) is 6.07 Å². The first kappa shape index (κ1) is 14.7. The molecule has 0 spiro atoms. The molecule has 1 atom stereocenters. The van der Waals surface area contributed by atoms with Crippen LogP contribution in [0.1, 0.15) is 35.9 Å². The van der Waals surface area contributed by atoms with E-state index >= 15 is 0 Å². The predicted molar refractivity (Wildman–Crippen MR) is 84.1 cm³/mol. The minimum absolute atomic E-state index is 0.0685. The van der Waals surface area contributed by atoms with Crippen molar-refractivity contribution in [2.45, 2.75) is 24.6 Å². The molecule has 2 aromatic rings. The van der Waals surface area contributed by atoms with Crippen LogP contribution in [0.3, 0.4) is 0 Å². The molecule has 0 saturated heterocycles. The van der Waals surface area contributed by atoms with Gasteiger partial charge in [0.05, 0.1) is 12.0 Å². The van der Waals surface area contributed by atoms with Gasteiger partial charge >= 0.3 is 0 Å². The molecule has 1 heterocycles. The molecule has 2 aromatic carbocycles. The van der Waals surface area contributed by atoms with Gasteiger partial charge in [-0.3, -0.25) is 0 Å². The van der Waals surface area contributed by atoms with E-state index in [0.29, 0.717) is 17.2 Å². The molecule has 0 aromatic heterocycles. The summed E-state index contributed by atoms with van der Waals surface area (Å²) in [4.78, 5) is 0. The normalized spacial score (nSPS) is 17.2. The van der Waals surface area contributed by atoms with Gasteiger partial charge in [0.25, 0.3) is 0 Å². The Balaban J connectivity index is 2.06. The molecule has 0 N–H and O–H groups in total. The third-order valence-electron chi connectivity index (χ3n) is 3.87. The second kappa shape index (κ2) is 5.19. The summed E-state index contributed by atoms with van der Waals surface area (Å²) in [6, 6.07) is 10.3. The van der Waals surface area contributed by atoms with Crippen LogP contribution >= 0.6 is 23.2 Å². The zero-order chi connectivity index (χ0) is 15.2. The molecule has 0 amide bonds. The minimum Gasteiger partial charge on any atom is -0.492 e. The lowest BCUT2D eigenvalue weighted by molar-refractivity contribution is 0.291. The first-order valence-electron chi connectivity index (χ1n) is 6.75. The molecule has 0 fully saturated rings. The maximum Gasteiger partial charge on any atom is 0.129 e. The summed E-state index contributed by atoms with van der Waals surface area (Å²) in [6.07, 6.45) is 0. The number of benzene rings is 2. The first-order chi connectivity index (χ1) is 9.90. The Morgan fingerprint density at radius 1 is 1.24 bits per heavy atom. The van der Waals surface area contributed by atoms with E-state index in [-0.39, 0.29) is 5.41 Å². The van der Waals surface area contributed by atoms with Crippen LogP contribution < -0.4 is 4.74 Å². The van der Waals surface area contributed by atoms with Crippen molar-refractivity contribution in [2.75, 3.05) is 6.61 Å². The largest absolute Gasteiger partial charge is 0.492 e.